The number of ketones is 1. The van der Waals surface area contributed by atoms with Crippen molar-refractivity contribution in [2.24, 2.45) is 0 Å². The van der Waals surface area contributed by atoms with Crippen LogP contribution in [0.25, 0.3) is 0 Å². The molecule has 1 aromatic carbocycles. The molecule has 1 fully saturated rings. The fraction of sp³-hybridized carbons (Fsp3) is 0.474. The molecule has 1 amide bonds. The minimum Gasteiger partial charge on any atom is -0.493 e. The van der Waals surface area contributed by atoms with Crippen molar-refractivity contribution in [3.63, 3.8) is 0 Å². The molecule has 142 valence electrons. The summed E-state index contributed by atoms with van der Waals surface area (Å²) in [4.78, 5) is 28.7. The molecule has 0 aliphatic carbocycles. The van der Waals surface area contributed by atoms with E-state index in [9.17, 15) is 9.59 Å². The lowest BCUT2D eigenvalue weighted by Crippen LogP contribution is -2.48. The number of nitrogens with zero attached hydrogens (tertiary/aromatic N) is 2. The van der Waals surface area contributed by atoms with Crippen LogP contribution in [-0.4, -0.2) is 68.4 Å². The summed E-state index contributed by atoms with van der Waals surface area (Å²) in [7, 11) is 3.07. The van der Waals surface area contributed by atoms with Gasteiger partial charge in [0.15, 0.2) is 17.3 Å². The average Bonchev–Trinajstić information content (AvgIpc) is 2.65. The van der Waals surface area contributed by atoms with Gasteiger partial charge in [-0.05, 0) is 18.2 Å². The maximum Gasteiger partial charge on any atom is 0.223 e. The van der Waals surface area contributed by atoms with Crippen molar-refractivity contribution in [2.75, 3.05) is 46.9 Å². The normalized spacial score (nSPS) is 14.8. The summed E-state index contributed by atoms with van der Waals surface area (Å²) in [6.45, 7) is 7.16. The van der Waals surface area contributed by atoms with E-state index in [4.69, 9.17) is 21.1 Å². The highest BCUT2D eigenvalue weighted by atomic mass is 35.5. The minimum atomic E-state index is -0.0867. The van der Waals surface area contributed by atoms with Crippen LogP contribution >= 0.6 is 11.6 Å². The molecule has 1 aliphatic heterocycles. The molecule has 0 aromatic heterocycles. The zero-order valence-corrected chi connectivity index (χ0v) is 16.1. The van der Waals surface area contributed by atoms with Crippen molar-refractivity contribution in [2.45, 2.75) is 12.8 Å². The van der Waals surface area contributed by atoms with Crippen LogP contribution in [-0.2, 0) is 4.79 Å². The lowest BCUT2D eigenvalue weighted by molar-refractivity contribution is -0.132. The quantitative estimate of drug-likeness (QED) is 0.649. The number of benzene rings is 1. The number of hydrogen-bond acceptors (Lipinski definition) is 5. The average molecular weight is 381 g/mol. The number of Topliss-reactive ketones (excluding diaryl/α,β-unsaturated/α-hetero) is 1. The van der Waals surface area contributed by atoms with E-state index in [0.29, 0.717) is 41.7 Å². The van der Waals surface area contributed by atoms with E-state index in [1.165, 1.54) is 7.11 Å². The number of halogens is 1. The number of amides is 1. The Balaban J connectivity index is 1.84. The smallest absolute Gasteiger partial charge is 0.223 e. The second-order valence-corrected chi connectivity index (χ2v) is 6.70. The Kier molecular flexibility index (Phi) is 7.48. The van der Waals surface area contributed by atoms with Crippen molar-refractivity contribution in [1.29, 1.82) is 0 Å². The van der Waals surface area contributed by atoms with Gasteiger partial charge in [-0.1, -0.05) is 18.2 Å². The molecule has 7 heteroatoms. The van der Waals surface area contributed by atoms with Crippen molar-refractivity contribution in [1.82, 2.24) is 9.80 Å². The predicted octanol–water partition coefficient (Wildman–Crippen LogP) is 2.56. The molecule has 0 radical (unpaired) electrons. The third kappa shape index (κ3) is 5.47. The van der Waals surface area contributed by atoms with Crippen LogP contribution in [0.4, 0.5) is 0 Å². The van der Waals surface area contributed by atoms with E-state index in [0.717, 1.165) is 13.1 Å². The number of carbonyl (C=O) groups is 2. The Morgan fingerprint density at radius 3 is 2.31 bits per heavy atom. The van der Waals surface area contributed by atoms with E-state index in [1.807, 2.05) is 0 Å². The molecule has 0 spiro atoms. The Labute approximate surface area is 159 Å². The van der Waals surface area contributed by atoms with Gasteiger partial charge in [0, 0.05) is 56.2 Å². The molecule has 0 bridgehead atoms. The molecule has 1 heterocycles. The van der Waals surface area contributed by atoms with Crippen LogP contribution in [0, 0.1) is 0 Å². The number of ether oxygens (including phenoxy) is 2. The summed E-state index contributed by atoms with van der Waals surface area (Å²) in [5.74, 6) is 0.985. The largest absolute Gasteiger partial charge is 0.493 e. The first kappa shape index (κ1) is 20.3. The van der Waals surface area contributed by atoms with E-state index >= 15 is 0 Å². The van der Waals surface area contributed by atoms with Gasteiger partial charge in [0.25, 0.3) is 0 Å². The molecule has 6 nitrogen and oxygen atoms in total. The van der Waals surface area contributed by atoms with Crippen LogP contribution in [0.2, 0.25) is 0 Å². The van der Waals surface area contributed by atoms with Gasteiger partial charge in [0.2, 0.25) is 5.91 Å². The summed E-state index contributed by atoms with van der Waals surface area (Å²) in [5.41, 5.74) is 0.515. The zero-order valence-electron chi connectivity index (χ0n) is 15.3. The van der Waals surface area contributed by atoms with Gasteiger partial charge in [-0.3, -0.25) is 14.5 Å². The van der Waals surface area contributed by atoms with Crippen LogP contribution in [0.5, 0.6) is 11.5 Å². The van der Waals surface area contributed by atoms with E-state index in [1.54, 1.807) is 30.2 Å². The maximum absolute atomic E-state index is 12.4. The summed E-state index contributed by atoms with van der Waals surface area (Å²) in [5, 5.41) is 0.602. The van der Waals surface area contributed by atoms with Crippen molar-refractivity contribution < 1.29 is 19.1 Å². The molecule has 0 unspecified atom stereocenters. The number of carbonyl (C=O) groups excluding carboxylic acids is 2. The summed E-state index contributed by atoms with van der Waals surface area (Å²) in [6.07, 6.45) is 0.377. The third-order valence-corrected chi connectivity index (χ3v) is 4.51. The lowest BCUT2D eigenvalue weighted by Gasteiger charge is -2.34. The van der Waals surface area contributed by atoms with Gasteiger partial charge in [0.1, 0.15) is 0 Å². The molecule has 0 saturated carbocycles. The Bertz CT molecular complexity index is 670. The topological polar surface area (TPSA) is 59.1 Å². The number of hydrogen-bond donors (Lipinski definition) is 0. The third-order valence-electron chi connectivity index (χ3n) is 4.39. The fourth-order valence-electron chi connectivity index (χ4n) is 2.93. The maximum atomic E-state index is 12.4. The standard InChI is InChI=1S/C19H25ClN2O4/c1-14(20)13-21-8-10-22(11-9-21)19(24)7-5-16(23)15-4-6-17(25-2)18(12-15)26-3/h4,6,12H,1,5,7-11,13H2,2-3H3. The Hall–Kier alpha value is -2.05. The van der Waals surface area contributed by atoms with Crippen molar-refractivity contribution >= 4 is 23.3 Å². The molecule has 1 aliphatic rings. The molecule has 0 N–H and O–H groups in total. The second kappa shape index (κ2) is 9.59. The first-order valence-corrected chi connectivity index (χ1v) is 8.91. The highest BCUT2D eigenvalue weighted by Gasteiger charge is 2.22. The van der Waals surface area contributed by atoms with Crippen molar-refractivity contribution in [3.8, 4) is 11.5 Å². The Morgan fingerprint density at radius 1 is 1.08 bits per heavy atom. The van der Waals surface area contributed by atoms with Crippen LogP contribution in [0.3, 0.4) is 0 Å². The monoisotopic (exact) mass is 380 g/mol. The van der Waals surface area contributed by atoms with Gasteiger partial charge < -0.3 is 14.4 Å². The van der Waals surface area contributed by atoms with E-state index in [-0.39, 0.29) is 24.5 Å². The first-order valence-electron chi connectivity index (χ1n) is 8.53. The van der Waals surface area contributed by atoms with E-state index in [2.05, 4.69) is 11.5 Å². The summed E-state index contributed by atoms with van der Waals surface area (Å²) >= 11 is 5.82. The minimum absolute atomic E-state index is 0.00294. The van der Waals surface area contributed by atoms with Gasteiger partial charge in [-0.15, -0.1) is 0 Å². The predicted molar refractivity (Wildman–Crippen MR) is 101 cm³/mol. The second-order valence-electron chi connectivity index (χ2n) is 6.17. The Morgan fingerprint density at radius 2 is 1.73 bits per heavy atom. The highest BCUT2D eigenvalue weighted by Crippen LogP contribution is 2.28. The zero-order chi connectivity index (χ0) is 19.1. The number of methoxy groups -OCH3 is 2. The van der Waals surface area contributed by atoms with Crippen LogP contribution in [0.15, 0.2) is 29.8 Å². The highest BCUT2D eigenvalue weighted by molar-refractivity contribution is 6.29. The summed E-state index contributed by atoms with van der Waals surface area (Å²) < 4.78 is 10.4. The molecule has 1 aromatic rings. The van der Waals surface area contributed by atoms with Gasteiger partial charge in [-0.2, -0.15) is 0 Å². The molecule has 1 saturated heterocycles. The van der Waals surface area contributed by atoms with Gasteiger partial charge in [0.05, 0.1) is 14.2 Å². The molecular weight excluding hydrogens is 356 g/mol. The van der Waals surface area contributed by atoms with E-state index < -0.39 is 0 Å². The lowest BCUT2D eigenvalue weighted by atomic mass is 10.1. The molecular formula is C19H25ClN2O4. The number of rotatable bonds is 8. The molecule has 0 atom stereocenters. The van der Waals surface area contributed by atoms with Crippen molar-refractivity contribution in [3.05, 3.63) is 35.4 Å². The summed E-state index contributed by atoms with van der Waals surface area (Å²) in [6, 6.07) is 5.02. The SMILES string of the molecule is C=C(Cl)CN1CCN(C(=O)CCC(=O)c2ccc(OC)c(OC)c2)CC1. The van der Waals surface area contributed by atoms with Crippen LogP contribution < -0.4 is 9.47 Å². The first-order chi connectivity index (χ1) is 12.4. The molecule has 2 rings (SSSR count). The molecule has 26 heavy (non-hydrogen) atoms. The number of piperazine rings is 1. The van der Waals surface area contributed by atoms with Crippen LogP contribution in [0.1, 0.15) is 23.2 Å². The van der Waals surface area contributed by atoms with Gasteiger partial charge in [-0.25, -0.2) is 0 Å². The fourth-order valence-corrected chi connectivity index (χ4v) is 3.10. The van der Waals surface area contributed by atoms with Gasteiger partial charge >= 0.3 is 0 Å².